The van der Waals surface area contributed by atoms with Crippen LogP contribution in [0.15, 0.2) is 28.6 Å². The minimum absolute atomic E-state index is 0.293. The summed E-state index contributed by atoms with van der Waals surface area (Å²) in [6.45, 7) is 6.11. The quantitative estimate of drug-likeness (QED) is 0.557. The van der Waals surface area contributed by atoms with E-state index < -0.39 is 6.10 Å². The van der Waals surface area contributed by atoms with Crippen molar-refractivity contribution in [1.29, 1.82) is 0 Å². The molecule has 2 rings (SSSR count). The fourth-order valence-electron chi connectivity index (χ4n) is 1.74. The van der Waals surface area contributed by atoms with Gasteiger partial charge >= 0.3 is 0 Å². The number of hydrogen-bond acceptors (Lipinski definition) is 6. The van der Waals surface area contributed by atoms with E-state index in [0.717, 1.165) is 10.1 Å². The van der Waals surface area contributed by atoms with E-state index in [2.05, 4.69) is 29.4 Å². The van der Waals surface area contributed by atoms with Gasteiger partial charge in [-0.3, -0.25) is 10.1 Å². The molecular weight excluding hydrogens is 349 g/mol. The monoisotopic (exact) mass is 369 g/mol. The summed E-state index contributed by atoms with van der Waals surface area (Å²) in [5.41, 5.74) is 0. The molecule has 5 nitrogen and oxygen atoms in total. The van der Waals surface area contributed by atoms with Gasteiger partial charge in [0, 0.05) is 5.75 Å². The van der Waals surface area contributed by atoms with Crippen molar-refractivity contribution >= 4 is 34.1 Å². The molecule has 0 saturated carbocycles. The van der Waals surface area contributed by atoms with Crippen LogP contribution in [-0.2, 0) is 4.79 Å². The number of amides is 1. The first-order chi connectivity index (χ1) is 11.5. The van der Waals surface area contributed by atoms with Crippen LogP contribution in [-0.4, -0.2) is 28.0 Å². The standard InChI is InChI=1S/C16H20FN3O2S2/c1-4-13(22-12-7-5-11(17)6-8-12)14(21)18-15-19-20-16(24-15)23-9-10(2)3/h5-8,10,13H,4,9H2,1-3H3,(H,18,19,21)/t13-/m1/s1. The number of aromatic nitrogens is 2. The smallest absolute Gasteiger partial charge is 0.267 e. The first kappa shape index (κ1) is 18.7. The number of thioether (sulfide) groups is 1. The number of carbonyl (C=O) groups excluding carboxylic acids is 1. The van der Waals surface area contributed by atoms with Gasteiger partial charge in [0.1, 0.15) is 11.6 Å². The third-order valence-electron chi connectivity index (χ3n) is 2.93. The molecule has 2 aromatic rings. The highest BCUT2D eigenvalue weighted by molar-refractivity contribution is 8.01. The Labute approximate surface area is 149 Å². The van der Waals surface area contributed by atoms with Gasteiger partial charge in [0.2, 0.25) is 5.13 Å². The number of rotatable bonds is 8. The van der Waals surface area contributed by atoms with E-state index in [4.69, 9.17) is 4.74 Å². The Morgan fingerprint density at radius 1 is 1.33 bits per heavy atom. The van der Waals surface area contributed by atoms with Gasteiger partial charge in [0.05, 0.1) is 0 Å². The summed E-state index contributed by atoms with van der Waals surface area (Å²) < 4.78 is 19.4. The lowest BCUT2D eigenvalue weighted by molar-refractivity contribution is -0.122. The van der Waals surface area contributed by atoms with Crippen molar-refractivity contribution in [3.8, 4) is 5.75 Å². The number of nitrogens with one attached hydrogen (secondary N) is 1. The molecule has 1 N–H and O–H groups in total. The summed E-state index contributed by atoms with van der Waals surface area (Å²) >= 11 is 2.96. The van der Waals surface area contributed by atoms with Crippen LogP contribution in [0.3, 0.4) is 0 Å². The van der Waals surface area contributed by atoms with Crippen LogP contribution in [0.25, 0.3) is 0 Å². The first-order valence-electron chi connectivity index (χ1n) is 7.67. The molecular formula is C16H20FN3O2S2. The van der Waals surface area contributed by atoms with Gasteiger partial charge in [0.15, 0.2) is 10.4 Å². The lowest BCUT2D eigenvalue weighted by Gasteiger charge is -2.16. The van der Waals surface area contributed by atoms with E-state index in [1.54, 1.807) is 11.8 Å². The lowest BCUT2D eigenvalue weighted by atomic mass is 10.2. The molecule has 0 aliphatic rings. The van der Waals surface area contributed by atoms with Crippen LogP contribution in [0.4, 0.5) is 9.52 Å². The fourth-order valence-corrected chi connectivity index (χ4v) is 3.47. The molecule has 1 atom stereocenters. The average Bonchev–Trinajstić information content (AvgIpc) is 2.99. The van der Waals surface area contributed by atoms with E-state index in [0.29, 0.717) is 23.2 Å². The molecule has 0 spiro atoms. The molecule has 1 amide bonds. The molecule has 1 aromatic carbocycles. The largest absolute Gasteiger partial charge is 0.481 e. The Kier molecular flexibility index (Phi) is 6.99. The second kappa shape index (κ2) is 8.98. The van der Waals surface area contributed by atoms with Gasteiger partial charge in [-0.05, 0) is 36.6 Å². The number of hydrogen-bond donors (Lipinski definition) is 1. The van der Waals surface area contributed by atoms with E-state index >= 15 is 0 Å². The van der Waals surface area contributed by atoms with Gasteiger partial charge in [-0.15, -0.1) is 10.2 Å². The minimum Gasteiger partial charge on any atom is -0.481 e. The maximum atomic E-state index is 12.9. The summed E-state index contributed by atoms with van der Waals surface area (Å²) in [5.74, 6) is 1.32. The highest BCUT2D eigenvalue weighted by Gasteiger charge is 2.20. The zero-order valence-electron chi connectivity index (χ0n) is 13.8. The molecule has 0 unspecified atom stereocenters. The van der Waals surface area contributed by atoms with E-state index in [1.165, 1.54) is 35.6 Å². The molecule has 8 heteroatoms. The highest BCUT2D eigenvalue weighted by atomic mass is 32.2. The third-order valence-corrected chi connectivity index (χ3v) is 5.33. The van der Waals surface area contributed by atoms with Crippen molar-refractivity contribution in [3.63, 3.8) is 0 Å². The van der Waals surface area contributed by atoms with Gasteiger partial charge in [-0.1, -0.05) is 43.9 Å². The Morgan fingerprint density at radius 2 is 2.04 bits per heavy atom. The summed E-state index contributed by atoms with van der Waals surface area (Å²) in [6, 6.07) is 5.58. The van der Waals surface area contributed by atoms with E-state index in [1.807, 2.05) is 6.92 Å². The van der Waals surface area contributed by atoms with Crippen molar-refractivity contribution < 1.29 is 13.9 Å². The zero-order chi connectivity index (χ0) is 17.5. The van der Waals surface area contributed by atoms with Crippen LogP contribution >= 0.6 is 23.1 Å². The Bertz CT molecular complexity index is 662. The summed E-state index contributed by atoms with van der Waals surface area (Å²) in [7, 11) is 0. The third kappa shape index (κ3) is 5.76. The SMILES string of the molecule is CC[C@@H](Oc1ccc(F)cc1)C(=O)Nc1nnc(SCC(C)C)s1. The Morgan fingerprint density at radius 3 is 2.67 bits per heavy atom. The number of nitrogens with zero attached hydrogens (tertiary/aromatic N) is 2. The second-order valence-corrected chi connectivity index (χ2v) is 7.78. The number of benzene rings is 1. The zero-order valence-corrected chi connectivity index (χ0v) is 15.4. The van der Waals surface area contributed by atoms with Gasteiger partial charge in [0.25, 0.3) is 5.91 Å². The van der Waals surface area contributed by atoms with Crippen molar-refractivity contribution in [2.75, 3.05) is 11.1 Å². The van der Waals surface area contributed by atoms with Crippen molar-refractivity contribution in [2.45, 2.75) is 37.6 Å². The second-order valence-electron chi connectivity index (χ2n) is 5.54. The van der Waals surface area contributed by atoms with Crippen LogP contribution in [0.5, 0.6) is 5.75 Å². The topological polar surface area (TPSA) is 64.1 Å². The van der Waals surface area contributed by atoms with Crippen LogP contribution in [0.1, 0.15) is 27.2 Å². The number of anilines is 1. The molecule has 0 aliphatic heterocycles. The van der Waals surface area contributed by atoms with Crippen molar-refractivity contribution in [3.05, 3.63) is 30.1 Å². The molecule has 1 aromatic heterocycles. The molecule has 0 bridgehead atoms. The maximum absolute atomic E-state index is 12.9. The van der Waals surface area contributed by atoms with Gasteiger partial charge < -0.3 is 4.74 Å². The number of carbonyl (C=O) groups is 1. The highest BCUT2D eigenvalue weighted by Crippen LogP contribution is 2.27. The summed E-state index contributed by atoms with van der Waals surface area (Å²) in [4.78, 5) is 12.3. The molecule has 130 valence electrons. The minimum atomic E-state index is -0.675. The van der Waals surface area contributed by atoms with E-state index in [9.17, 15) is 9.18 Å². The van der Waals surface area contributed by atoms with Gasteiger partial charge in [-0.25, -0.2) is 4.39 Å². The maximum Gasteiger partial charge on any atom is 0.267 e. The normalized spacial score (nSPS) is 12.2. The van der Waals surface area contributed by atoms with Crippen molar-refractivity contribution in [1.82, 2.24) is 10.2 Å². The first-order valence-corrected chi connectivity index (χ1v) is 9.47. The Hall–Kier alpha value is -1.67. The summed E-state index contributed by atoms with van der Waals surface area (Å²) in [5, 5.41) is 11.2. The number of halogens is 1. The summed E-state index contributed by atoms with van der Waals surface area (Å²) in [6.07, 6.45) is -0.192. The number of ether oxygens (including phenoxy) is 1. The molecule has 0 saturated heterocycles. The predicted molar refractivity (Wildman–Crippen MR) is 95.2 cm³/mol. The van der Waals surface area contributed by atoms with Crippen LogP contribution in [0.2, 0.25) is 0 Å². The van der Waals surface area contributed by atoms with E-state index in [-0.39, 0.29) is 11.7 Å². The molecule has 1 heterocycles. The van der Waals surface area contributed by atoms with Crippen molar-refractivity contribution in [2.24, 2.45) is 5.92 Å². The molecule has 0 fully saturated rings. The molecule has 0 radical (unpaired) electrons. The molecule has 24 heavy (non-hydrogen) atoms. The average molecular weight is 369 g/mol. The molecule has 0 aliphatic carbocycles. The Balaban J connectivity index is 1.92. The van der Waals surface area contributed by atoms with Crippen LogP contribution < -0.4 is 10.1 Å². The fraction of sp³-hybridized carbons (Fsp3) is 0.438. The lowest BCUT2D eigenvalue weighted by Crippen LogP contribution is -2.32. The van der Waals surface area contributed by atoms with Crippen LogP contribution in [0, 0.1) is 11.7 Å². The predicted octanol–water partition coefficient (Wildman–Crippen LogP) is 4.22. The van der Waals surface area contributed by atoms with Gasteiger partial charge in [-0.2, -0.15) is 0 Å².